The third-order valence-electron chi connectivity index (χ3n) is 5.86. The first kappa shape index (κ1) is 14.3. The molecule has 3 heterocycles. The van der Waals surface area contributed by atoms with Crippen LogP contribution >= 0.6 is 0 Å². The number of carbonyl (C=O) groups excluding carboxylic acids is 1. The summed E-state index contributed by atoms with van der Waals surface area (Å²) >= 11 is 0. The van der Waals surface area contributed by atoms with Gasteiger partial charge in [-0.05, 0) is 35.3 Å². The molecular weight excluding hydrogens is 310 g/mol. The number of epoxide rings is 1. The standard InChI is InChI=1S/C18H19NO5/c1-22-13-5-9-3-4-19-15(21)7-11-16-17(24-16)12(20)8-18(11,19)10(9)6-14(13)23-2/h5-7,12,16-17,20H,3-4,8H2,1-2H3/t12-,16+,17-,18-/m1/s1. The molecule has 1 spiro atoms. The fourth-order valence-electron chi connectivity index (χ4n) is 4.76. The highest BCUT2D eigenvalue weighted by Crippen LogP contribution is 2.58. The molecule has 4 atom stereocenters. The van der Waals surface area contributed by atoms with Gasteiger partial charge >= 0.3 is 0 Å². The van der Waals surface area contributed by atoms with E-state index in [2.05, 4.69) is 0 Å². The molecule has 1 saturated heterocycles. The summed E-state index contributed by atoms with van der Waals surface area (Å²) in [6, 6.07) is 3.95. The molecule has 6 nitrogen and oxygen atoms in total. The van der Waals surface area contributed by atoms with Crippen LogP contribution in [-0.4, -0.2) is 55.0 Å². The maximum absolute atomic E-state index is 12.6. The Morgan fingerprint density at radius 1 is 1.29 bits per heavy atom. The molecule has 1 N–H and O–H groups in total. The number of carbonyl (C=O) groups is 1. The number of fused-ring (bicyclic) bond motifs is 3. The Bertz CT molecular complexity index is 788. The molecule has 1 amide bonds. The number of benzene rings is 1. The van der Waals surface area contributed by atoms with Crippen LogP contribution in [0.3, 0.4) is 0 Å². The van der Waals surface area contributed by atoms with Crippen LogP contribution in [0.1, 0.15) is 17.5 Å². The van der Waals surface area contributed by atoms with Crippen LogP contribution in [0.25, 0.3) is 0 Å². The van der Waals surface area contributed by atoms with E-state index in [-0.39, 0.29) is 18.1 Å². The van der Waals surface area contributed by atoms with E-state index in [1.54, 1.807) is 20.3 Å². The van der Waals surface area contributed by atoms with Crippen LogP contribution in [0.15, 0.2) is 23.8 Å². The summed E-state index contributed by atoms with van der Waals surface area (Å²) in [6.45, 7) is 0.630. The third-order valence-corrected chi connectivity index (χ3v) is 5.86. The fourth-order valence-corrected chi connectivity index (χ4v) is 4.76. The van der Waals surface area contributed by atoms with Crippen molar-refractivity contribution in [3.63, 3.8) is 0 Å². The van der Waals surface area contributed by atoms with Crippen LogP contribution in [-0.2, 0) is 21.5 Å². The lowest BCUT2D eigenvalue weighted by Crippen LogP contribution is -2.55. The second-order valence-corrected chi connectivity index (χ2v) is 6.86. The number of methoxy groups -OCH3 is 2. The lowest BCUT2D eigenvalue weighted by atomic mass is 9.69. The van der Waals surface area contributed by atoms with Crippen LogP contribution in [0, 0.1) is 0 Å². The monoisotopic (exact) mass is 329 g/mol. The summed E-state index contributed by atoms with van der Waals surface area (Å²) in [7, 11) is 3.23. The van der Waals surface area contributed by atoms with E-state index in [4.69, 9.17) is 14.2 Å². The number of hydrogen-bond acceptors (Lipinski definition) is 5. The normalized spacial score (nSPS) is 35.5. The molecule has 1 saturated carbocycles. The molecule has 3 aliphatic heterocycles. The molecule has 0 bridgehead atoms. The van der Waals surface area contributed by atoms with Crippen molar-refractivity contribution in [2.24, 2.45) is 0 Å². The quantitative estimate of drug-likeness (QED) is 0.811. The van der Waals surface area contributed by atoms with Crippen LogP contribution in [0.5, 0.6) is 11.5 Å². The van der Waals surface area contributed by atoms with Gasteiger partial charge in [-0.3, -0.25) is 4.79 Å². The van der Waals surface area contributed by atoms with E-state index in [1.807, 2.05) is 17.0 Å². The van der Waals surface area contributed by atoms with Crippen LogP contribution in [0.2, 0.25) is 0 Å². The summed E-state index contributed by atoms with van der Waals surface area (Å²) in [5.74, 6) is 1.33. The topological polar surface area (TPSA) is 71.5 Å². The van der Waals surface area contributed by atoms with Crippen molar-refractivity contribution < 1.29 is 24.1 Å². The summed E-state index contributed by atoms with van der Waals surface area (Å²) in [6.07, 6.45) is 2.05. The lowest BCUT2D eigenvalue weighted by molar-refractivity contribution is -0.131. The molecule has 4 aliphatic rings. The first-order valence-electron chi connectivity index (χ1n) is 8.22. The molecular formula is C18H19NO5. The molecule has 0 radical (unpaired) electrons. The van der Waals surface area contributed by atoms with Gasteiger partial charge in [-0.15, -0.1) is 0 Å². The van der Waals surface area contributed by atoms with E-state index in [9.17, 15) is 9.90 Å². The van der Waals surface area contributed by atoms with Crippen LogP contribution < -0.4 is 9.47 Å². The van der Waals surface area contributed by atoms with Crippen LogP contribution in [0.4, 0.5) is 0 Å². The Hall–Kier alpha value is -2.05. The number of ether oxygens (including phenoxy) is 3. The Morgan fingerprint density at radius 3 is 2.79 bits per heavy atom. The minimum Gasteiger partial charge on any atom is -0.493 e. The smallest absolute Gasteiger partial charge is 0.247 e. The van der Waals surface area contributed by atoms with E-state index >= 15 is 0 Å². The van der Waals surface area contributed by atoms with E-state index < -0.39 is 11.6 Å². The van der Waals surface area contributed by atoms with Gasteiger partial charge in [0.25, 0.3) is 0 Å². The highest BCUT2D eigenvalue weighted by atomic mass is 16.6. The minimum atomic E-state index is -0.610. The number of rotatable bonds is 2. The van der Waals surface area contributed by atoms with Crippen molar-refractivity contribution in [3.8, 4) is 11.5 Å². The molecule has 126 valence electrons. The summed E-state index contributed by atoms with van der Waals surface area (Å²) < 4.78 is 16.6. The van der Waals surface area contributed by atoms with Crippen molar-refractivity contribution in [1.82, 2.24) is 4.90 Å². The number of aliphatic hydroxyl groups is 1. The molecule has 6 heteroatoms. The molecule has 5 rings (SSSR count). The highest BCUT2D eigenvalue weighted by Gasteiger charge is 2.65. The minimum absolute atomic E-state index is 0.00813. The molecule has 24 heavy (non-hydrogen) atoms. The van der Waals surface area contributed by atoms with Gasteiger partial charge in [0.15, 0.2) is 11.5 Å². The second-order valence-electron chi connectivity index (χ2n) is 6.86. The van der Waals surface area contributed by atoms with Crippen molar-refractivity contribution in [2.45, 2.75) is 36.7 Å². The van der Waals surface area contributed by atoms with Crippen molar-refractivity contribution >= 4 is 5.91 Å². The SMILES string of the molecule is COc1cc2c(cc1OC)[C@]13C[C@@H](O)[C@H]4O[C@H]4C1=CC(=O)N3CC2. The van der Waals surface area contributed by atoms with Gasteiger partial charge in [-0.1, -0.05) is 0 Å². The maximum Gasteiger partial charge on any atom is 0.247 e. The summed E-state index contributed by atoms with van der Waals surface area (Å²) in [4.78, 5) is 14.5. The molecule has 0 aromatic heterocycles. The molecule has 0 unspecified atom stereocenters. The van der Waals surface area contributed by atoms with Gasteiger partial charge in [-0.25, -0.2) is 0 Å². The first-order chi connectivity index (χ1) is 11.6. The summed E-state index contributed by atoms with van der Waals surface area (Å²) in [5.41, 5.74) is 2.53. The van der Waals surface area contributed by atoms with E-state index in [0.717, 1.165) is 23.1 Å². The Labute approximate surface area is 139 Å². The molecule has 1 aromatic rings. The van der Waals surface area contributed by atoms with Crippen molar-refractivity contribution in [3.05, 3.63) is 34.9 Å². The molecule has 1 aliphatic carbocycles. The Kier molecular flexibility index (Phi) is 2.69. The van der Waals surface area contributed by atoms with Crippen molar-refractivity contribution in [2.75, 3.05) is 20.8 Å². The van der Waals surface area contributed by atoms with E-state index in [1.165, 1.54) is 0 Å². The zero-order valence-electron chi connectivity index (χ0n) is 13.6. The van der Waals surface area contributed by atoms with Gasteiger partial charge in [-0.2, -0.15) is 0 Å². The largest absolute Gasteiger partial charge is 0.493 e. The van der Waals surface area contributed by atoms with E-state index in [0.29, 0.717) is 24.5 Å². The van der Waals surface area contributed by atoms with Gasteiger partial charge < -0.3 is 24.2 Å². The average Bonchev–Trinajstić information content (AvgIpc) is 3.33. The maximum atomic E-state index is 12.6. The summed E-state index contributed by atoms with van der Waals surface area (Å²) in [5, 5.41) is 10.5. The fraction of sp³-hybridized carbons (Fsp3) is 0.500. The number of nitrogens with zero attached hydrogens (tertiary/aromatic N) is 1. The Morgan fingerprint density at radius 2 is 2.04 bits per heavy atom. The number of amides is 1. The Balaban J connectivity index is 1.74. The zero-order valence-corrected chi connectivity index (χ0v) is 13.6. The van der Waals surface area contributed by atoms with Gasteiger partial charge in [0, 0.05) is 19.0 Å². The third kappa shape index (κ3) is 1.55. The highest BCUT2D eigenvalue weighted by molar-refractivity contribution is 5.94. The van der Waals surface area contributed by atoms with Crippen molar-refractivity contribution in [1.29, 1.82) is 0 Å². The predicted molar refractivity (Wildman–Crippen MR) is 84.0 cm³/mol. The first-order valence-corrected chi connectivity index (χ1v) is 8.22. The van der Waals surface area contributed by atoms with Gasteiger partial charge in [0.2, 0.25) is 5.91 Å². The zero-order chi connectivity index (χ0) is 16.6. The van der Waals surface area contributed by atoms with Gasteiger partial charge in [0.1, 0.15) is 12.2 Å². The number of hydrogen-bond donors (Lipinski definition) is 1. The molecule has 2 fully saturated rings. The number of aliphatic hydroxyl groups excluding tert-OH is 1. The van der Waals surface area contributed by atoms with Gasteiger partial charge in [0.05, 0.1) is 25.9 Å². The molecule has 1 aromatic carbocycles. The second kappa shape index (κ2) is 4.52. The average molecular weight is 329 g/mol. The lowest BCUT2D eigenvalue weighted by Gasteiger charge is -2.48. The predicted octanol–water partition coefficient (Wildman–Crippen LogP) is 0.756.